The van der Waals surface area contributed by atoms with E-state index in [1.807, 2.05) is 0 Å². The molecule has 1 rings (SSSR count). The monoisotopic (exact) mass is 249 g/mol. The Labute approximate surface area is 96.5 Å². The molecule has 0 aromatic carbocycles. The summed E-state index contributed by atoms with van der Waals surface area (Å²) in [5.41, 5.74) is -0.289. The summed E-state index contributed by atoms with van der Waals surface area (Å²) in [7, 11) is 1.58. The van der Waals surface area contributed by atoms with Gasteiger partial charge in [0.15, 0.2) is 5.82 Å². The van der Waals surface area contributed by atoms with Crippen LogP contribution >= 0.6 is 0 Å². The maximum Gasteiger partial charge on any atom is 0.389 e. The number of hydrogen-bond donors (Lipinski definition) is 1. The van der Waals surface area contributed by atoms with Gasteiger partial charge in [-0.15, -0.1) is 0 Å². The second-order valence-electron chi connectivity index (χ2n) is 3.69. The molecule has 0 fully saturated rings. The van der Waals surface area contributed by atoms with Gasteiger partial charge in [0.25, 0.3) is 5.56 Å². The van der Waals surface area contributed by atoms with E-state index in [4.69, 9.17) is 0 Å². The van der Waals surface area contributed by atoms with Crippen molar-refractivity contribution < 1.29 is 13.2 Å². The minimum Gasteiger partial charge on any atom is -0.365 e. The van der Waals surface area contributed by atoms with Gasteiger partial charge in [0.2, 0.25) is 0 Å². The van der Waals surface area contributed by atoms with Crippen LogP contribution in [0.25, 0.3) is 0 Å². The lowest BCUT2D eigenvalue weighted by molar-refractivity contribution is -0.135. The first-order chi connectivity index (χ1) is 7.90. The Balaban J connectivity index is 2.32. The Kier molecular flexibility index (Phi) is 4.53. The van der Waals surface area contributed by atoms with Crippen LogP contribution < -0.4 is 10.9 Å². The van der Waals surface area contributed by atoms with Crippen LogP contribution in [0.5, 0.6) is 0 Å². The molecule has 7 heteroatoms. The quantitative estimate of drug-likeness (QED) is 0.811. The first-order valence-electron chi connectivity index (χ1n) is 5.22. The van der Waals surface area contributed by atoms with Crippen molar-refractivity contribution in [2.75, 3.05) is 11.9 Å². The fourth-order valence-electron chi connectivity index (χ4n) is 1.28. The number of unbranched alkanes of at least 4 members (excludes halogenated alkanes) is 1. The van der Waals surface area contributed by atoms with E-state index in [0.717, 1.165) is 0 Å². The van der Waals surface area contributed by atoms with E-state index in [-0.39, 0.29) is 17.8 Å². The Bertz CT molecular complexity index is 414. The van der Waals surface area contributed by atoms with Gasteiger partial charge in [0, 0.05) is 32.4 Å². The molecule has 96 valence electrons. The summed E-state index contributed by atoms with van der Waals surface area (Å²) in [6.45, 7) is 0.308. The predicted octanol–water partition coefficient (Wildman–Crippen LogP) is 1.92. The van der Waals surface area contributed by atoms with Gasteiger partial charge in [-0.3, -0.25) is 4.79 Å². The van der Waals surface area contributed by atoms with Gasteiger partial charge in [-0.25, -0.2) is 4.98 Å². The predicted molar refractivity (Wildman–Crippen MR) is 57.9 cm³/mol. The van der Waals surface area contributed by atoms with E-state index in [1.165, 1.54) is 17.0 Å². The Hall–Kier alpha value is -1.53. The van der Waals surface area contributed by atoms with Gasteiger partial charge in [-0.05, 0) is 12.8 Å². The largest absolute Gasteiger partial charge is 0.389 e. The van der Waals surface area contributed by atoms with Gasteiger partial charge in [-0.2, -0.15) is 13.2 Å². The van der Waals surface area contributed by atoms with Crippen molar-refractivity contribution in [1.29, 1.82) is 0 Å². The first-order valence-corrected chi connectivity index (χ1v) is 5.22. The van der Waals surface area contributed by atoms with Crippen molar-refractivity contribution in [3.63, 3.8) is 0 Å². The summed E-state index contributed by atoms with van der Waals surface area (Å²) in [6, 6.07) is 0. The smallest absolute Gasteiger partial charge is 0.365 e. The fraction of sp³-hybridized carbons (Fsp3) is 0.600. The highest BCUT2D eigenvalue weighted by Gasteiger charge is 2.25. The summed E-state index contributed by atoms with van der Waals surface area (Å²) in [5, 5.41) is 2.73. The number of nitrogens with one attached hydrogen (secondary N) is 1. The molecule has 0 amide bonds. The van der Waals surface area contributed by atoms with Crippen LogP contribution in [0.4, 0.5) is 19.0 Å². The summed E-state index contributed by atoms with van der Waals surface area (Å²) < 4.78 is 36.9. The molecule has 4 nitrogen and oxygen atoms in total. The second kappa shape index (κ2) is 5.70. The maximum atomic E-state index is 11.8. The summed E-state index contributed by atoms with van der Waals surface area (Å²) in [6.07, 6.45) is -1.55. The molecule has 0 saturated carbocycles. The third-order valence-electron chi connectivity index (χ3n) is 2.20. The first kappa shape index (κ1) is 13.5. The van der Waals surface area contributed by atoms with Crippen LogP contribution in [0.2, 0.25) is 0 Å². The van der Waals surface area contributed by atoms with Gasteiger partial charge in [0.05, 0.1) is 0 Å². The zero-order valence-electron chi connectivity index (χ0n) is 9.42. The minimum absolute atomic E-state index is 0.0453. The standard InChI is InChI=1S/C10H14F3N3O/c1-16-7-6-15-8(9(16)17)14-5-3-2-4-10(11,12)13/h6-7H,2-5H2,1H3,(H,14,15). The van der Waals surface area contributed by atoms with Crippen molar-refractivity contribution >= 4 is 5.82 Å². The molecule has 0 radical (unpaired) electrons. The molecule has 0 aliphatic carbocycles. The summed E-state index contributed by atoms with van der Waals surface area (Å²) in [5.74, 6) is 0.169. The van der Waals surface area contributed by atoms with Crippen LogP contribution in [-0.2, 0) is 7.05 Å². The van der Waals surface area contributed by atoms with Gasteiger partial charge in [-0.1, -0.05) is 0 Å². The average molecular weight is 249 g/mol. The van der Waals surface area contributed by atoms with Crippen molar-refractivity contribution in [2.45, 2.75) is 25.4 Å². The van der Waals surface area contributed by atoms with Crippen molar-refractivity contribution in [1.82, 2.24) is 9.55 Å². The third-order valence-corrected chi connectivity index (χ3v) is 2.20. The van der Waals surface area contributed by atoms with Crippen molar-refractivity contribution in [3.05, 3.63) is 22.7 Å². The number of nitrogens with zero attached hydrogens (tertiary/aromatic N) is 2. The topological polar surface area (TPSA) is 46.9 Å². The number of anilines is 1. The number of halogens is 3. The van der Waals surface area contributed by atoms with Crippen LogP contribution in [0, 0.1) is 0 Å². The van der Waals surface area contributed by atoms with Gasteiger partial charge in [0.1, 0.15) is 0 Å². The lowest BCUT2D eigenvalue weighted by atomic mass is 10.2. The highest BCUT2D eigenvalue weighted by Crippen LogP contribution is 2.21. The molecule has 0 aliphatic rings. The summed E-state index contributed by atoms with van der Waals surface area (Å²) >= 11 is 0. The lowest BCUT2D eigenvalue weighted by Gasteiger charge is -2.07. The zero-order valence-corrected chi connectivity index (χ0v) is 9.42. The highest BCUT2D eigenvalue weighted by molar-refractivity contribution is 5.30. The van der Waals surface area contributed by atoms with Crippen LogP contribution in [0.1, 0.15) is 19.3 Å². The van der Waals surface area contributed by atoms with Crippen molar-refractivity contribution in [3.8, 4) is 0 Å². The Morgan fingerprint density at radius 3 is 2.76 bits per heavy atom. The molecule has 1 aromatic rings. The Morgan fingerprint density at radius 1 is 1.41 bits per heavy atom. The number of alkyl halides is 3. The summed E-state index contributed by atoms with van der Waals surface area (Å²) in [4.78, 5) is 15.3. The van der Waals surface area contributed by atoms with Gasteiger partial charge < -0.3 is 9.88 Å². The molecule has 1 aromatic heterocycles. The number of hydrogen-bond acceptors (Lipinski definition) is 3. The van der Waals surface area contributed by atoms with E-state index in [9.17, 15) is 18.0 Å². The van der Waals surface area contributed by atoms with Crippen molar-refractivity contribution in [2.24, 2.45) is 7.05 Å². The minimum atomic E-state index is -4.11. The second-order valence-corrected chi connectivity index (χ2v) is 3.69. The normalized spacial score (nSPS) is 11.5. The SMILES string of the molecule is Cn1ccnc(NCCCCC(F)(F)F)c1=O. The third kappa shape index (κ3) is 4.88. The van der Waals surface area contributed by atoms with E-state index < -0.39 is 12.6 Å². The number of aromatic nitrogens is 2. The molecule has 0 bridgehead atoms. The van der Waals surface area contributed by atoms with Crippen LogP contribution in [0.15, 0.2) is 17.2 Å². The van der Waals surface area contributed by atoms with Gasteiger partial charge >= 0.3 is 6.18 Å². The number of aryl methyl sites for hydroxylation is 1. The van der Waals surface area contributed by atoms with E-state index in [1.54, 1.807) is 7.05 Å². The van der Waals surface area contributed by atoms with E-state index in [2.05, 4.69) is 10.3 Å². The molecular weight excluding hydrogens is 235 g/mol. The molecule has 17 heavy (non-hydrogen) atoms. The maximum absolute atomic E-state index is 11.8. The molecule has 1 N–H and O–H groups in total. The van der Waals surface area contributed by atoms with Crippen LogP contribution in [-0.4, -0.2) is 22.3 Å². The zero-order chi connectivity index (χ0) is 12.9. The Morgan fingerprint density at radius 2 is 2.12 bits per heavy atom. The molecule has 1 heterocycles. The molecular formula is C10H14F3N3O. The molecule has 0 aliphatic heterocycles. The highest BCUT2D eigenvalue weighted by atomic mass is 19.4. The molecule has 0 saturated heterocycles. The molecule has 0 atom stereocenters. The average Bonchev–Trinajstić information content (AvgIpc) is 2.22. The van der Waals surface area contributed by atoms with E-state index in [0.29, 0.717) is 13.0 Å². The van der Waals surface area contributed by atoms with E-state index >= 15 is 0 Å². The van der Waals surface area contributed by atoms with Crippen LogP contribution in [0.3, 0.4) is 0 Å². The lowest BCUT2D eigenvalue weighted by Crippen LogP contribution is -2.22. The number of rotatable bonds is 5. The fourth-order valence-corrected chi connectivity index (χ4v) is 1.28. The molecule has 0 unspecified atom stereocenters. The molecule has 0 spiro atoms.